The van der Waals surface area contributed by atoms with Gasteiger partial charge in [-0.15, -0.1) is 11.8 Å². The predicted octanol–water partition coefficient (Wildman–Crippen LogP) is 3.61. The van der Waals surface area contributed by atoms with Crippen LogP contribution in [0, 0.1) is 6.92 Å². The zero-order valence-corrected chi connectivity index (χ0v) is 17.2. The van der Waals surface area contributed by atoms with E-state index in [1.807, 2.05) is 55.5 Å². The summed E-state index contributed by atoms with van der Waals surface area (Å²) < 4.78 is 0. The highest BCUT2D eigenvalue weighted by atomic mass is 32.2. The number of nitrogens with zero attached hydrogens (tertiary/aromatic N) is 2. The average Bonchev–Trinajstić information content (AvgIpc) is 3.34. The van der Waals surface area contributed by atoms with Gasteiger partial charge in [0.05, 0.1) is 22.8 Å². The Kier molecular flexibility index (Phi) is 5.74. The van der Waals surface area contributed by atoms with Gasteiger partial charge in [-0.25, -0.2) is 4.90 Å². The summed E-state index contributed by atoms with van der Waals surface area (Å²) >= 11 is 1.23. The lowest BCUT2D eigenvalue weighted by Gasteiger charge is -2.20. The van der Waals surface area contributed by atoms with Crippen LogP contribution in [0.5, 0.6) is 0 Å². The molecule has 1 fully saturated rings. The molecule has 2 aromatic carbocycles. The molecule has 0 atom stereocenters. The number of rotatable bonds is 6. The summed E-state index contributed by atoms with van der Waals surface area (Å²) in [7, 11) is 0. The molecule has 1 N–H and O–H groups in total. The minimum Gasteiger partial charge on any atom is -0.396 e. The average molecular weight is 409 g/mol. The second kappa shape index (κ2) is 8.43. The van der Waals surface area contributed by atoms with Gasteiger partial charge in [-0.2, -0.15) is 0 Å². The Morgan fingerprint density at radius 2 is 1.52 bits per heavy atom. The molecule has 0 radical (unpaired) electrons. The zero-order valence-electron chi connectivity index (χ0n) is 16.4. The lowest BCUT2D eigenvalue weighted by molar-refractivity contribution is -0.119. The third kappa shape index (κ3) is 3.82. The van der Waals surface area contributed by atoms with Crippen molar-refractivity contribution in [3.63, 3.8) is 0 Å². The Morgan fingerprint density at radius 1 is 0.897 bits per heavy atom. The Labute approximate surface area is 175 Å². The smallest absolute Gasteiger partial charge is 0.272 e. The highest BCUT2D eigenvalue weighted by Gasteiger charge is 2.40. The molecule has 0 spiro atoms. The van der Waals surface area contributed by atoms with E-state index in [-0.39, 0.29) is 18.4 Å². The van der Waals surface area contributed by atoms with Crippen molar-refractivity contribution in [3.05, 3.63) is 64.6 Å². The molecule has 150 valence electrons. The number of carbonyl (C=O) groups is 2. The quantitative estimate of drug-likeness (QED) is 0.740. The normalized spacial score (nSPS) is 17.0. The Balaban J connectivity index is 1.66. The molecule has 2 aliphatic heterocycles. The van der Waals surface area contributed by atoms with E-state index in [1.54, 1.807) is 0 Å². The Bertz CT molecular complexity index is 945. The minimum absolute atomic E-state index is 0.0542. The third-order valence-electron chi connectivity index (χ3n) is 5.30. The number of imide groups is 1. The van der Waals surface area contributed by atoms with Gasteiger partial charge >= 0.3 is 0 Å². The second-order valence-electron chi connectivity index (χ2n) is 7.30. The minimum atomic E-state index is -0.321. The predicted molar refractivity (Wildman–Crippen MR) is 118 cm³/mol. The molecule has 0 saturated carbocycles. The molecule has 0 aromatic heterocycles. The summed E-state index contributed by atoms with van der Waals surface area (Å²) in [6.07, 6.45) is 2.39. The van der Waals surface area contributed by atoms with E-state index in [2.05, 4.69) is 4.90 Å². The molecule has 2 amide bonds. The van der Waals surface area contributed by atoms with Crippen LogP contribution in [0.1, 0.15) is 24.0 Å². The summed E-state index contributed by atoms with van der Waals surface area (Å²) in [6.45, 7) is 4.01. The number of anilines is 2. The van der Waals surface area contributed by atoms with Crippen LogP contribution in [0.4, 0.5) is 11.4 Å². The van der Waals surface area contributed by atoms with Crippen molar-refractivity contribution in [2.75, 3.05) is 35.2 Å². The van der Waals surface area contributed by atoms with Gasteiger partial charge in [-0.05, 0) is 49.6 Å². The zero-order chi connectivity index (χ0) is 20.4. The number of carbonyl (C=O) groups excluding carboxylic acids is 2. The van der Waals surface area contributed by atoms with Gasteiger partial charge in [0.1, 0.15) is 0 Å². The standard InChI is InChI=1S/C23H24N2O3S/c1-16-4-6-17(7-5-16)20-21(29-15-14-26)23(28)25(22(20)27)19-10-8-18(9-11-19)24-12-2-3-13-24/h4-11,26H,2-3,12-15H2,1H3. The molecule has 0 unspecified atom stereocenters. The topological polar surface area (TPSA) is 60.9 Å². The highest BCUT2D eigenvalue weighted by molar-refractivity contribution is 8.04. The first-order chi connectivity index (χ1) is 14.1. The van der Waals surface area contributed by atoms with E-state index >= 15 is 0 Å². The van der Waals surface area contributed by atoms with Crippen LogP contribution in [0.3, 0.4) is 0 Å². The van der Waals surface area contributed by atoms with Crippen LogP contribution in [0.2, 0.25) is 0 Å². The first-order valence-electron chi connectivity index (χ1n) is 9.89. The van der Waals surface area contributed by atoms with Crippen molar-refractivity contribution in [3.8, 4) is 0 Å². The number of hydrogen-bond acceptors (Lipinski definition) is 5. The lowest BCUT2D eigenvalue weighted by Crippen LogP contribution is -2.31. The molecule has 29 heavy (non-hydrogen) atoms. The second-order valence-corrected chi connectivity index (χ2v) is 8.40. The molecule has 2 heterocycles. The molecule has 6 heteroatoms. The number of amides is 2. The number of aryl methyl sites for hydroxylation is 1. The van der Waals surface area contributed by atoms with E-state index in [0.29, 0.717) is 21.9 Å². The van der Waals surface area contributed by atoms with Crippen molar-refractivity contribution in [1.29, 1.82) is 0 Å². The van der Waals surface area contributed by atoms with E-state index in [1.165, 1.54) is 29.5 Å². The molecule has 2 aliphatic rings. The maximum absolute atomic E-state index is 13.3. The molecule has 1 saturated heterocycles. The van der Waals surface area contributed by atoms with Crippen molar-refractivity contribution in [2.24, 2.45) is 0 Å². The van der Waals surface area contributed by atoms with Gasteiger partial charge in [0.25, 0.3) is 11.8 Å². The fourth-order valence-corrected chi connectivity index (χ4v) is 4.65. The third-order valence-corrected chi connectivity index (χ3v) is 6.35. The van der Waals surface area contributed by atoms with Crippen molar-refractivity contribution >= 4 is 40.5 Å². The SMILES string of the molecule is Cc1ccc(C2=C(SCCO)C(=O)N(c3ccc(N4CCCC4)cc3)C2=O)cc1. The molecule has 2 aromatic rings. The fraction of sp³-hybridized carbons (Fsp3) is 0.304. The summed E-state index contributed by atoms with van der Waals surface area (Å²) in [5.41, 5.74) is 3.92. The van der Waals surface area contributed by atoms with Crippen molar-refractivity contribution in [2.45, 2.75) is 19.8 Å². The fourth-order valence-electron chi connectivity index (χ4n) is 3.79. The van der Waals surface area contributed by atoms with Gasteiger partial charge in [-0.3, -0.25) is 9.59 Å². The number of benzene rings is 2. The number of thioether (sulfide) groups is 1. The van der Waals surface area contributed by atoms with Crippen LogP contribution >= 0.6 is 11.8 Å². The van der Waals surface area contributed by atoms with Gasteiger partial charge in [0, 0.05) is 24.5 Å². The van der Waals surface area contributed by atoms with Crippen LogP contribution < -0.4 is 9.80 Å². The van der Waals surface area contributed by atoms with E-state index in [0.717, 1.165) is 29.9 Å². The van der Waals surface area contributed by atoms with Gasteiger partial charge in [-0.1, -0.05) is 29.8 Å². The maximum atomic E-state index is 13.3. The summed E-state index contributed by atoms with van der Waals surface area (Å²) in [4.78, 5) is 30.4. The molecule has 0 aliphatic carbocycles. The Hall–Kier alpha value is -2.57. The molecular formula is C23H24N2O3S. The van der Waals surface area contributed by atoms with Crippen LogP contribution in [-0.2, 0) is 9.59 Å². The molecular weight excluding hydrogens is 384 g/mol. The maximum Gasteiger partial charge on any atom is 0.272 e. The summed E-state index contributed by atoms with van der Waals surface area (Å²) in [5.74, 6) is -0.267. The number of aliphatic hydroxyl groups is 1. The van der Waals surface area contributed by atoms with Crippen LogP contribution in [0.15, 0.2) is 53.4 Å². The van der Waals surface area contributed by atoms with Crippen LogP contribution in [-0.4, -0.2) is 42.4 Å². The molecule has 4 rings (SSSR count). The first-order valence-corrected chi connectivity index (χ1v) is 10.9. The monoisotopic (exact) mass is 408 g/mol. The highest BCUT2D eigenvalue weighted by Crippen LogP contribution is 2.38. The van der Waals surface area contributed by atoms with Crippen molar-refractivity contribution in [1.82, 2.24) is 0 Å². The van der Waals surface area contributed by atoms with E-state index < -0.39 is 0 Å². The molecule has 0 bridgehead atoms. The van der Waals surface area contributed by atoms with Gasteiger partial charge in [0.2, 0.25) is 0 Å². The largest absolute Gasteiger partial charge is 0.396 e. The number of hydrogen-bond donors (Lipinski definition) is 1. The van der Waals surface area contributed by atoms with Gasteiger partial charge in [0.15, 0.2) is 0 Å². The van der Waals surface area contributed by atoms with E-state index in [4.69, 9.17) is 0 Å². The first kappa shape index (κ1) is 19.7. The summed E-state index contributed by atoms with van der Waals surface area (Å²) in [5, 5.41) is 9.23. The molecule has 5 nitrogen and oxygen atoms in total. The number of aliphatic hydroxyl groups excluding tert-OH is 1. The van der Waals surface area contributed by atoms with Crippen LogP contribution in [0.25, 0.3) is 5.57 Å². The lowest BCUT2D eigenvalue weighted by atomic mass is 10.0. The summed E-state index contributed by atoms with van der Waals surface area (Å²) in [6, 6.07) is 15.2. The Morgan fingerprint density at radius 3 is 2.14 bits per heavy atom. The van der Waals surface area contributed by atoms with Crippen molar-refractivity contribution < 1.29 is 14.7 Å². The van der Waals surface area contributed by atoms with Gasteiger partial charge < -0.3 is 10.0 Å². The van der Waals surface area contributed by atoms with E-state index in [9.17, 15) is 14.7 Å².